The van der Waals surface area contributed by atoms with Gasteiger partial charge in [-0.05, 0) is 42.5 Å². The Kier molecular flexibility index (Phi) is 4.41. The smallest absolute Gasteiger partial charge is 0.345 e. The van der Waals surface area contributed by atoms with Gasteiger partial charge in [0.1, 0.15) is 17.1 Å². The summed E-state index contributed by atoms with van der Waals surface area (Å²) in [6.45, 7) is 0. The van der Waals surface area contributed by atoms with Crippen molar-refractivity contribution in [2.24, 2.45) is 0 Å². The van der Waals surface area contributed by atoms with Gasteiger partial charge >= 0.3 is 5.97 Å². The maximum atomic E-state index is 13.4. The van der Waals surface area contributed by atoms with Gasteiger partial charge in [-0.3, -0.25) is 9.78 Å². The van der Waals surface area contributed by atoms with Crippen LogP contribution in [-0.4, -0.2) is 11.0 Å². The van der Waals surface area contributed by atoms with Gasteiger partial charge in [0.15, 0.2) is 17.1 Å². The summed E-state index contributed by atoms with van der Waals surface area (Å²) in [6, 6.07) is 12.2. The second-order valence-electron chi connectivity index (χ2n) is 5.89. The molecule has 0 saturated heterocycles. The maximum Gasteiger partial charge on any atom is 0.345 e. The predicted octanol–water partition coefficient (Wildman–Crippen LogP) is 4.35. The van der Waals surface area contributed by atoms with Crippen LogP contribution in [0.4, 0.5) is 8.78 Å². The highest BCUT2D eigenvalue weighted by Crippen LogP contribution is 2.25. The van der Waals surface area contributed by atoms with E-state index in [1.165, 1.54) is 24.4 Å². The Labute approximate surface area is 156 Å². The van der Waals surface area contributed by atoms with Crippen LogP contribution in [0.2, 0.25) is 0 Å². The van der Waals surface area contributed by atoms with Crippen molar-refractivity contribution in [1.82, 2.24) is 4.98 Å². The van der Waals surface area contributed by atoms with Crippen LogP contribution < -0.4 is 10.2 Å². The molecule has 0 unspecified atom stereocenters. The fourth-order valence-electron chi connectivity index (χ4n) is 2.63. The molecule has 0 aliphatic heterocycles. The van der Waals surface area contributed by atoms with E-state index in [1.807, 2.05) is 0 Å². The molecule has 0 aliphatic carbocycles. The molecule has 4 rings (SSSR count). The van der Waals surface area contributed by atoms with Crippen molar-refractivity contribution in [2.45, 2.75) is 0 Å². The Hall–Kier alpha value is -3.87. The molecule has 2 heterocycles. The summed E-state index contributed by atoms with van der Waals surface area (Å²) in [5.41, 5.74) is 0.252. The number of benzene rings is 2. The lowest BCUT2D eigenvalue weighted by atomic mass is 10.1. The molecule has 7 heteroatoms. The molecule has 0 atom stereocenters. The van der Waals surface area contributed by atoms with Crippen molar-refractivity contribution in [3.63, 3.8) is 0 Å². The first kappa shape index (κ1) is 17.5. The Morgan fingerprint density at radius 3 is 2.46 bits per heavy atom. The van der Waals surface area contributed by atoms with Gasteiger partial charge in [-0.2, -0.15) is 0 Å². The molecule has 0 N–H and O–H groups in total. The summed E-state index contributed by atoms with van der Waals surface area (Å²) in [6.07, 6.45) is 2.94. The normalized spacial score (nSPS) is 10.8. The number of esters is 1. The Bertz CT molecular complexity index is 1240. The lowest BCUT2D eigenvalue weighted by Gasteiger charge is -2.06. The third-order valence-corrected chi connectivity index (χ3v) is 4.02. The number of hydrogen-bond acceptors (Lipinski definition) is 5. The van der Waals surface area contributed by atoms with Gasteiger partial charge in [-0.1, -0.05) is 0 Å². The van der Waals surface area contributed by atoms with Crippen molar-refractivity contribution in [1.29, 1.82) is 0 Å². The standard InChI is InChI=1S/C21H11F2NO4/c22-16-8-15-18(25)10-19(28-20(15)9-17(16)23)12-3-5-14(6-4-12)27-21(26)13-2-1-7-24-11-13/h1-11H. The number of ether oxygens (including phenoxy) is 1. The van der Waals surface area contributed by atoms with E-state index in [9.17, 15) is 18.4 Å². The second-order valence-corrected chi connectivity index (χ2v) is 5.89. The topological polar surface area (TPSA) is 69.4 Å². The lowest BCUT2D eigenvalue weighted by Crippen LogP contribution is -2.08. The van der Waals surface area contributed by atoms with E-state index in [0.29, 0.717) is 11.1 Å². The average molecular weight is 379 g/mol. The molecule has 28 heavy (non-hydrogen) atoms. The predicted molar refractivity (Wildman–Crippen MR) is 97.0 cm³/mol. The minimum atomic E-state index is -1.12. The summed E-state index contributed by atoms with van der Waals surface area (Å²) in [4.78, 5) is 28.1. The van der Waals surface area contributed by atoms with E-state index in [1.54, 1.807) is 30.5 Å². The molecule has 0 radical (unpaired) electrons. The molecule has 0 bridgehead atoms. The highest BCUT2D eigenvalue weighted by atomic mass is 19.2. The first-order chi connectivity index (χ1) is 13.5. The Balaban J connectivity index is 1.63. The largest absolute Gasteiger partial charge is 0.456 e. The fourth-order valence-corrected chi connectivity index (χ4v) is 2.63. The highest BCUT2D eigenvalue weighted by molar-refractivity contribution is 5.90. The number of carbonyl (C=O) groups is 1. The van der Waals surface area contributed by atoms with Crippen LogP contribution in [0, 0.1) is 11.6 Å². The van der Waals surface area contributed by atoms with Crippen LogP contribution in [0.15, 0.2) is 76.2 Å². The van der Waals surface area contributed by atoms with Gasteiger partial charge in [0.25, 0.3) is 0 Å². The van der Waals surface area contributed by atoms with Crippen molar-refractivity contribution in [3.05, 3.63) is 94.4 Å². The molecule has 4 aromatic rings. The number of halogens is 2. The van der Waals surface area contributed by atoms with E-state index in [-0.39, 0.29) is 22.5 Å². The van der Waals surface area contributed by atoms with Crippen LogP contribution >= 0.6 is 0 Å². The summed E-state index contributed by atoms with van der Waals surface area (Å²) in [5.74, 6) is -2.32. The Morgan fingerprint density at radius 1 is 1.00 bits per heavy atom. The van der Waals surface area contributed by atoms with E-state index in [2.05, 4.69) is 4.98 Å². The molecule has 0 amide bonds. The van der Waals surface area contributed by atoms with Gasteiger partial charge < -0.3 is 9.15 Å². The molecule has 138 valence electrons. The first-order valence-electron chi connectivity index (χ1n) is 8.17. The zero-order chi connectivity index (χ0) is 19.7. The third-order valence-electron chi connectivity index (χ3n) is 4.02. The first-order valence-corrected chi connectivity index (χ1v) is 8.17. The molecule has 0 aliphatic rings. The molecular weight excluding hydrogens is 368 g/mol. The van der Waals surface area contributed by atoms with Crippen LogP contribution in [0.3, 0.4) is 0 Å². The minimum absolute atomic E-state index is 0.0512. The van der Waals surface area contributed by atoms with Gasteiger partial charge in [0, 0.05) is 30.1 Å². The van der Waals surface area contributed by atoms with Gasteiger partial charge in [0.05, 0.1) is 10.9 Å². The molecule has 2 aromatic heterocycles. The van der Waals surface area contributed by atoms with Crippen LogP contribution in [0.1, 0.15) is 10.4 Å². The Morgan fingerprint density at radius 2 is 1.75 bits per heavy atom. The number of hydrogen-bond donors (Lipinski definition) is 0. The van der Waals surface area contributed by atoms with E-state index in [4.69, 9.17) is 9.15 Å². The molecule has 0 spiro atoms. The average Bonchev–Trinajstić information content (AvgIpc) is 2.70. The quantitative estimate of drug-likeness (QED) is 0.391. The zero-order valence-electron chi connectivity index (χ0n) is 14.2. The summed E-state index contributed by atoms with van der Waals surface area (Å²) in [7, 11) is 0. The van der Waals surface area contributed by atoms with Gasteiger partial charge in [0.2, 0.25) is 0 Å². The van der Waals surface area contributed by atoms with Crippen molar-refractivity contribution in [3.8, 4) is 17.1 Å². The minimum Gasteiger partial charge on any atom is -0.456 e. The van der Waals surface area contributed by atoms with Crippen molar-refractivity contribution >= 4 is 16.9 Å². The van der Waals surface area contributed by atoms with Crippen LogP contribution in [-0.2, 0) is 0 Å². The third kappa shape index (κ3) is 3.37. The monoisotopic (exact) mass is 379 g/mol. The number of carbonyl (C=O) groups excluding carboxylic acids is 1. The number of nitrogens with zero attached hydrogens (tertiary/aromatic N) is 1. The fraction of sp³-hybridized carbons (Fsp3) is 0. The highest BCUT2D eigenvalue weighted by Gasteiger charge is 2.12. The molecular formula is C21H11F2NO4. The SMILES string of the molecule is O=C(Oc1ccc(-c2cc(=O)c3cc(F)c(F)cc3o2)cc1)c1cccnc1. The molecule has 0 saturated carbocycles. The van der Waals surface area contributed by atoms with Crippen molar-refractivity contribution in [2.75, 3.05) is 0 Å². The van der Waals surface area contributed by atoms with Gasteiger partial charge in [-0.15, -0.1) is 0 Å². The number of pyridine rings is 1. The number of rotatable bonds is 3. The van der Waals surface area contributed by atoms with Gasteiger partial charge in [-0.25, -0.2) is 13.6 Å². The molecule has 5 nitrogen and oxygen atoms in total. The van der Waals surface area contributed by atoms with Crippen LogP contribution in [0.5, 0.6) is 5.75 Å². The maximum absolute atomic E-state index is 13.4. The summed E-state index contributed by atoms with van der Waals surface area (Å²) < 4.78 is 37.5. The van der Waals surface area contributed by atoms with Crippen molar-refractivity contribution < 1.29 is 22.7 Å². The number of aromatic nitrogens is 1. The summed E-state index contributed by atoms with van der Waals surface area (Å²) in [5, 5.41) is -0.0512. The molecule has 0 fully saturated rings. The lowest BCUT2D eigenvalue weighted by molar-refractivity contribution is 0.0734. The summed E-state index contributed by atoms with van der Waals surface area (Å²) >= 11 is 0. The van der Waals surface area contributed by atoms with E-state index >= 15 is 0 Å². The number of fused-ring (bicyclic) bond motifs is 1. The molecule has 2 aromatic carbocycles. The second kappa shape index (κ2) is 7.03. The van der Waals surface area contributed by atoms with Crippen LogP contribution in [0.25, 0.3) is 22.3 Å². The van der Waals surface area contributed by atoms with E-state index < -0.39 is 23.0 Å². The zero-order valence-corrected chi connectivity index (χ0v) is 14.2. The van der Waals surface area contributed by atoms with E-state index in [0.717, 1.165) is 12.1 Å².